The molecule has 2 amide bonds. The summed E-state index contributed by atoms with van der Waals surface area (Å²) < 4.78 is 0. The van der Waals surface area contributed by atoms with E-state index in [1.165, 1.54) is 0 Å². The fourth-order valence-electron chi connectivity index (χ4n) is 2.60. The third-order valence-corrected chi connectivity index (χ3v) is 3.57. The first kappa shape index (κ1) is 13.0. The Bertz CT molecular complexity index is 278. The molecule has 1 aliphatic rings. The highest BCUT2D eigenvalue weighted by Crippen LogP contribution is 2.50. The molecule has 3 N–H and O–H groups in total. The van der Waals surface area contributed by atoms with Gasteiger partial charge in [-0.25, -0.2) is 0 Å². The normalized spacial score (nSPS) is 28.2. The lowest BCUT2D eigenvalue weighted by molar-refractivity contribution is -0.151. The molecule has 0 heterocycles. The summed E-state index contributed by atoms with van der Waals surface area (Å²) in [5.41, 5.74) is 4.85. The minimum Gasteiger partial charge on any atom is -0.369 e. The van der Waals surface area contributed by atoms with Crippen molar-refractivity contribution in [1.29, 1.82) is 0 Å². The Labute approximate surface area is 97.0 Å². The highest BCUT2D eigenvalue weighted by Gasteiger charge is 2.54. The predicted molar refractivity (Wildman–Crippen MR) is 62.6 cm³/mol. The standard InChI is InChI=1S/C12H22N2O2/c1-3-6-12(11(16)14-8-4-2)7-5-9(12)10(13)15/h9H,3-8H2,1-2H3,(H2,13,15)(H,14,16). The second-order valence-electron chi connectivity index (χ2n) is 4.66. The van der Waals surface area contributed by atoms with Crippen LogP contribution in [-0.4, -0.2) is 18.4 Å². The number of carbonyl (C=O) groups excluding carboxylic acids is 2. The van der Waals surface area contributed by atoms with Gasteiger partial charge in [-0.3, -0.25) is 9.59 Å². The van der Waals surface area contributed by atoms with Crippen LogP contribution in [0.25, 0.3) is 0 Å². The van der Waals surface area contributed by atoms with E-state index in [0.717, 1.165) is 32.1 Å². The van der Waals surface area contributed by atoms with Crippen molar-refractivity contribution < 1.29 is 9.59 Å². The molecule has 0 aromatic heterocycles. The number of rotatable bonds is 6. The van der Waals surface area contributed by atoms with Crippen LogP contribution in [0.5, 0.6) is 0 Å². The van der Waals surface area contributed by atoms with Gasteiger partial charge in [0.25, 0.3) is 0 Å². The van der Waals surface area contributed by atoms with Gasteiger partial charge in [-0.05, 0) is 25.7 Å². The van der Waals surface area contributed by atoms with E-state index in [2.05, 4.69) is 5.32 Å². The van der Waals surface area contributed by atoms with E-state index in [1.807, 2.05) is 13.8 Å². The predicted octanol–water partition coefficient (Wildman–Crippen LogP) is 1.19. The molecule has 1 rings (SSSR count). The molecule has 1 fully saturated rings. The second kappa shape index (κ2) is 5.32. The minimum absolute atomic E-state index is 0.0197. The fourth-order valence-corrected chi connectivity index (χ4v) is 2.60. The van der Waals surface area contributed by atoms with E-state index >= 15 is 0 Å². The van der Waals surface area contributed by atoms with Crippen molar-refractivity contribution in [3.63, 3.8) is 0 Å². The van der Waals surface area contributed by atoms with Gasteiger partial charge < -0.3 is 11.1 Å². The number of amides is 2. The topological polar surface area (TPSA) is 72.2 Å². The summed E-state index contributed by atoms with van der Waals surface area (Å²) in [6, 6.07) is 0. The Balaban J connectivity index is 2.73. The van der Waals surface area contributed by atoms with Crippen molar-refractivity contribution in [2.75, 3.05) is 6.54 Å². The monoisotopic (exact) mass is 226 g/mol. The van der Waals surface area contributed by atoms with Crippen LogP contribution in [0.2, 0.25) is 0 Å². The smallest absolute Gasteiger partial charge is 0.227 e. The maximum Gasteiger partial charge on any atom is 0.227 e. The van der Waals surface area contributed by atoms with Gasteiger partial charge in [0.1, 0.15) is 0 Å². The van der Waals surface area contributed by atoms with Crippen molar-refractivity contribution in [1.82, 2.24) is 5.32 Å². The molecule has 1 saturated carbocycles. The van der Waals surface area contributed by atoms with Crippen LogP contribution in [-0.2, 0) is 9.59 Å². The summed E-state index contributed by atoms with van der Waals surface area (Å²) in [7, 11) is 0. The zero-order valence-electron chi connectivity index (χ0n) is 10.2. The van der Waals surface area contributed by atoms with E-state index in [1.54, 1.807) is 0 Å². The fraction of sp³-hybridized carbons (Fsp3) is 0.833. The van der Waals surface area contributed by atoms with Gasteiger partial charge in [-0.15, -0.1) is 0 Å². The number of primary amides is 1. The van der Waals surface area contributed by atoms with Gasteiger partial charge in [-0.2, -0.15) is 0 Å². The van der Waals surface area contributed by atoms with E-state index in [9.17, 15) is 9.59 Å². The average Bonchev–Trinajstić information content (AvgIpc) is 2.19. The summed E-state index contributed by atoms with van der Waals surface area (Å²) in [6.07, 6.45) is 4.13. The third-order valence-electron chi connectivity index (χ3n) is 3.57. The summed E-state index contributed by atoms with van der Waals surface area (Å²) in [6.45, 7) is 4.72. The summed E-state index contributed by atoms with van der Waals surface area (Å²) in [5.74, 6) is -0.568. The zero-order chi connectivity index (χ0) is 12.2. The summed E-state index contributed by atoms with van der Waals surface area (Å²) >= 11 is 0. The SMILES string of the molecule is CCCNC(=O)C1(CCC)CCC1C(N)=O. The first-order valence-corrected chi connectivity index (χ1v) is 6.16. The maximum atomic E-state index is 12.1. The molecule has 2 atom stereocenters. The Kier molecular flexibility index (Phi) is 4.33. The summed E-state index contributed by atoms with van der Waals surface area (Å²) in [4.78, 5) is 23.4. The Morgan fingerprint density at radius 2 is 2.06 bits per heavy atom. The minimum atomic E-state index is -0.504. The highest BCUT2D eigenvalue weighted by molar-refractivity contribution is 5.91. The molecule has 1 aliphatic carbocycles. The molecule has 0 aromatic rings. The van der Waals surface area contributed by atoms with E-state index in [0.29, 0.717) is 6.54 Å². The molecule has 0 radical (unpaired) electrons. The average molecular weight is 226 g/mol. The van der Waals surface area contributed by atoms with Crippen LogP contribution in [0.15, 0.2) is 0 Å². The molecule has 0 bridgehead atoms. The van der Waals surface area contributed by atoms with Gasteiger partial charge >= 0.3 is 0 Å². The molecule has 0 aliphatic heterocycles. The molecule has 0 aromatic carbocycles. The Morgan fingerprint density at radius 3 is 2.44 bits per heavy atom. The van der Waals surface area contributed by atoms with Crippen molar-refractivity contribution in [2.24, 2.45) is 17.1 Å². The first-order chi connectivity index (χ1) is 7.58. The molecular weight excluding hydrogens is 204 g/mol. The highest BCUT2D eigenvalue weighted by atomic mass is 16.2. The molecule has 92 valence electrons. The van der Waals surface area contributed by atoms with Crippen molar-refractivity contribution in [2.45, 2.75) is 46.0 Å². The first-order valence-electron chi connectivity index (χ1n) is 6.16. The van der Waals surface area contributed by atoms with Crippen LogP contribution in [0.4, 0.5) is 0 Å². The number of hydrogen-bond donors (Lipinski definition) is 2. The Morgan fingerprint density at radius 1 is 1.38 bits per heavy atom. The van der Waals surface area contributed by atoms with Crippen LogP contribution < -0.4 is 11.1 Å². The number of hydrogen-bond acceptors (Lipinski definition) is 2. The van der Waals surface area contributed by atoms with E-state index in [-0.39, 0.29) is 17.7 Å². The van der Waals surface area contributed by atoms with E-state index < -0.39 is 5.41 Å². The lowest BCUT2D eigenvalue weighted by Gasteiger charge is -2.46. The van der Waals surface area contributed by atoms with Crippen LogP contribution in [0, 0.1) is 11.3 Å². The van der Waals surface area contributed by atoms with Gasteiger partial charge in [0, 0.05) is 6.54 Å². The van der Waals surface area contributed by atoms with Gasteiger partial charge in [-0.1, -0.05) is 20.3 Å². The van der Waals surface area contributed by atoms with Gasteiger partial charge in [0.05, 0.1) is 11.3 Å². The third kappa shape index (κ3) is 2.20. The number of nitrogens with two attached hydrogens (primary N) is 1. The number of carbonyl (C=O) groups is 2. The lowest BCUT2D eigenvalue weighted by atomic mass is 9.57. The van der Waals surface area contributed by atoms with Crippen molar-refractivity contribution in [3.8, 4) is 0 Å². The van der Waals surface area contributed by atoms with Crippen LogP contribution in [0.3, 0.4) is 0 Å². The molecule has 0 saturated heterocycles. The maximum absolute atomic E-state index is 12.1. The molecule has 16 heavy (non-hydrogen) atoms. The molecule has 2 unspecified atom stereocenters. The molecule has 4 nitrogen and oxygen atoms in total. The summed E-state index contributed by atoms with van der Waals surface area (Å²) in [5, 5.41) is 2.90. The molecular formula is C12H22N2O2. The second-order valence-corrected chi connectivity index (χ2v) is 4.66. The largest absolute Gasteiger partial charge is 0.369 e. The van der Waals surface area contributed by atoms with Gasteiger partial charge in [0.15, 0.2) is 0 Å². The van der Waals surface area contributed by atoms with Gasteiger partial charge in [0.2, 0.25) is 11.8 Å². The quantitative estimate of drug-likeness (QED) is 0.714. The van der Waals surface area contributed by atoms with Crippen molar-refractivity contribution in [3.05, 3.63) is 0 Å². The zero-order valence-corrected chi connectivity index (χ0v) is 10.2. The Hall–Kier alpha value is -1.06. The molecule has 4 heteroatoms. The van der Waals surface area contributed by atoms with Crippen LogP contribution >= 0.6 is 0 Å². The lowest BCUT2D eigenvalue weighted by Crippen LogP contribution is -2.56. The van der Waals surface area contributed by atoms with Crippen LogP contribution in [0.1, 0.15) is 46.0 Å². The number of nitrogens with one attached hydrogen (secondary N) is 1. The van der Waals surface area contributed by atoms with E-state index in [4.69, 9.17) is 5.73 Å². The molecule has 0 spiro atoms. The van der Waals surface area contributed by atoms with Crippen molar-refractivity contribution >= 4 is 11.8 Å².